The minimum absolute atomic E-state index is 0.197. The van der Waals surface area contributed by atoms with Gasteiger partial charge >= 0.3 is 0 Å². The third kappa shape index (κ3) is 3.74. The lowest BCUT2D eigenvalue weighted by Gasteiger charge is -1.99. The molecule has 23 heavy (non-hydrogen) atoms. The van der Waals surface area contributed by atoms with Gasteiger partial charge < -0.3 is 9.73 Å². The Morgan fingerprint density at radius 1 is 1.35 bits per heavy atom. The van der Waals surface area contributed by atoms with Crippen LogP contribution >= 0.6 is 0 Å². The normalized spacial score (nSPS) is 11.0. The third-order valence-electron chi connectivity index (χ3n) is 3.29. The van der Waals surface area contributed by atoms with E-state index in [-0.39, 0.29) is 5.91 Å². The Kier molecular flexibility index (Phi) is 4.33. The second-order valence-electron chi connectivity index (χ2n) is 4.95. The van der Waals surface area contributed by atoms with Crippen molar-refractivity contribution in [3.8, 4) is 11.3 Å². The molecular weight excluding hydrogens is 292 g/mol. The monoisotopic (exact) mass is 308 g/mol. The van der Waals surface area contributed by atoms with Crippen LogP contribution in [0, 0.1) is 0 Å². The summed E-state index contributed by atoms with van der Waals surface area (Å²) in [5, 5.41) is 7.21. The standard InChI is InChI=1S/C17H16N4O2/c1-21-16(13-6-8-18-9-7-13)11-14(20-21)12-19-17(22)5-4-15-3-2-10-23-15/h2-11H,12H2,1H3,(H,19,22). The van der Waals surface area contributed by atoms with Crippen LogP contribution in [0.25, 0.3) is 17.3 Å². The van der Waals surface area contributed by atoms with Gasteiger partial charge in [-0.1, -0.05) is 0 Å². The van der Waals surface area contributed by atoms with Gasteiger partial charge in [0.05, 0.1) is 24.2 Å². The highest BCUT2D eigenvalue weighted by atomic mass is 16.3. The Morgan fingerprint density at radius 3 is 2.91 bits per heavy atom. The molecule has 3 rings (SSSR count). The van der Waals surface area contributed by atoms with E-state index in [9.17, 15) is 4.79 Å². The van der Waals surface area contributed by atoms with E-state index in [0.717, 1.165) is 17.0 Å². The van der Waals surface area contributed by atoms with E-state index in [0.29, 0.717) is 12.3 Å². The van der Waals surface area contributed by atoms with E-state index in [1.54, 1.807) is 41.5 Å². The molecule has 6 heteroatoms. The first-order chi connectivity index (χ1) is 11.2. The molecule has 0 saturated carbocycles. The lowest BCUT2D eigenvalue weighted by Crippen LogP contribution is -2.20. The molecule has 6 nitrogen and oxygen atoms in total. The van der Waals surface area contributed by atoms with Crippen LogP contribution in [-0.2, 0) is 18.4 Å². The summed E-state index contributed by atoms with van der Waals surface area (Å²) in [6.45, 7) is 0.361. The number of aromatic nitrogens is 3. The maximum Gasteiger partial charge on any atom is 0.244 e. The van der Waals surface area contributed by atoms with Crippen molar-refractivity contribution >= 4 is 12.0 Å². The Labute approximate surface area is 133 Å². The molecule has 1 N–H and O–H groups in total. The summed E-state index contributed by atoms with van der Waals surface area (Å²) in [4.78, 5) is 15.8. The largest absolute Gasteiger partial charge is 0.465 e. The summed E-state index contributed by atoms with van der Waals surface area (Å²) in [5.41, 5.74) is 2.80. The predicted molar refractivity (Wildman–Crippen MR) is 86.0 cm³/mol. The molecule has 1 amide bonds. The van der Waals surface area contributed by atoms with Gasteiger partial charge in [-0.05, 0) is 36.4 Å². The Morgan fingerprint density at radius 2 is 2.17 bits per heavy atom. The van der Waals surface area contributed by atoms with E-state index >= 15 is 0 Å². The van der Waals surface area contributed by atoms with Crippen LogP contribution in [0.5, 0.6) is 0 Å². The molecule has 0 fully saturated rings. The Balaban J connectivity index is 1.62. The zero-order valence-electron chi connectivity index (χ0n) is 12.6. The van der Waals surface area contributed by atoms with E-state index in [1.165, 1.54) is 6.08 Å². The van der Waals surface area contributed by atoms with Crippen LogP contribution in [-0.4, -0.2) is 20.7 Å². The molecule has 0 bridgehead atoms. The number of hydrogen-bond donors (Lipinski definition) is 1. The topological polar surface area (TPSA) is 73.0 Å². The van der Waals surface area contributed by atoms with Crippen molar-refractivity contribution in [1.82, 2.24) is 20.1 Å². The van der Waals surface area contributed by atoms with Gasteiger partial charge in [-0.2, -0.15) is 5.10 Å². The highest BCUT2D eigenvalue weighted by Crippen LogP contribution is 2.18. The SMILES string of the molecule is Cn1nc(CNC(=O)C=Cc2ccco2)cc1-c1ccncc1. The van der Waals surface area contributed by atoms with E-state index in [2.05, 4.69) is 15.4 Å². The highest BCUT2D eigenvalue weighted by Gasteiger charge is 2.07. The van der Waals surface area contributed by atoms with Crippen molar-refractivity contribution < 1.29 is 9.21 Å². The number of hydrogen-bond acceptors (Lipinski definition) is 4. The first-order valence-electron chi connectivity index (χ1n) is 7.15. The minimum atomic E-state index is -0.197. The van der Waals surface area contributed by atoms with Gasteiger partial charge in [0.15, 0.2) is 0 Å². The van der Waals surface area contributed by atoms with Crippen molar-refractivity contribution in [2.45, 2.75) is 6.54 Å². The summed E-state index contributed by atoms with van der Waals surface area (Å²) < 4.78 is 6.91. The van der Waals surface area contributed by atoms with Crippen LogP contribution < -0.4 is 5.32 Å². The fourth-order valence-electron chi connectivity index (χ4n) is 2.19. The maximum atomic E-state index is 11.8. The quantitative estimate of drug-likeness (QED) is 0.735. The number of aryl methyl sites for hydroxylation is 1. The van der Waals surface area contributed by atoms with Gasteiger partial charge in [0.25, 0.3) is 0 Å². The number of rotatable bonds is 5. The van der Waals surface area contributed by atoms with Crippen molar-refractivity contribution in [3.63, 3.8) is 0 Å². The van der Waals surface area contributed by atoms with Gasteiger partial charge in [0.2, 0.25) is 5.91 Å². The van der Waals surface area contributed by atoms with Crippen molar-refractivity contribution in [2.75, 3.05) is 0 Å². The van der Waals surface area contributed by atoms with Crippen molar-refractivity contribution in [3.05, 3.63) is 66.5 Å². The maximum absolute atomic E-state index is 11.8. The van der Waals surface area contributed by atoms with Crippen LogP contribution in [0.2, 0.25) is 0 Å². The van der Waals surface area contributed by atoms with Gasteiger partial charge in [0, 0.05) is 31.1 Å². The summed E-state index contributed by atoms with van der Waals surface area (Å²) in [5.74, 6) is 0.440. The third-order valence-corrected chi connectivity index (χ3v) is 3.29. The van der Waals surface area contributed by atoms with Crippen LogP contribution in [0.1, 0.15) is 11.5 Å². The molecule has 0 spiro atoms. The molecule has 3 heterocycles. The lowest BCUT2D eigenvalue weighted by atomic mass is 10.2. The van der Waals surface area contributed by atoms with Crippen molar-refractivity contribution in [2.24, 2.45) is 7.05 Å². The summed E-state index contributed by atoms with van der Waals surface area (Å²) in [6, 6.07) is 9.35. The molecule has 3 aromatic heterocycles. The van der Waals surface area contributed by atoms with E-state index in [1.807, 2.05) is 25.2 Å². The Bertz CT molecular complexity index is 805. The first-order valence-corrected chi connectivity index (χ1v) is 7.15. The molecule has 0 unspecified atom stereocenters. The number of carbonyl (C=O) groups is 1. The second kappa shape index (κ2) is 6.74. The summed E-state index contributed by atoms with van der Waals surface area (Å²) in [7, 11) is 1.87. The van der Waals surface area contributed by atoms with Gasteiger partial charge in [-0.15, -0.1) is 0 Å². The number of nitrogens with zero attached hydrogens (tertiary/aromatic N) is 3. The zero-order chi connectivity index (χ0) is 16.1. The molecule has 116 valence electrons. The fourth-order valence-corrected chi connectivity index (χ4v) is 2.19. The molecule has 0 saturated heterocycles. The van der Waals surface area contributed by atoms with Crippen LogP contribution in [0.4, 0.5) is 0 Å². The van der Waals surface area contributed by atoms with E-state index in [4.69, 9.17) is 4.42 Å². The van der Waals surface area contributed by atoms with Gasteiger partial charge in [0.1, 0.15) is 5.76 Å². The zero-order valence-corrected chi connectivity index (χ0v) is 12.6. The number of furan rings is 1. The van der Waals surface area contributed by atoms with E-state index < -0.39 is 0 Å². The molecular formula is C17H16N4O2. The molecule has 0 atom stereocenters. The summed E-state index contributed by atoms with van der Waals surface area (Å²) in [6.07, 6.45) is 8.10. The number of amides is 1. The molecule has 0 aliphatic rings. The molecule has 0 aliphatic heterocycles. The average Bonchev–Trinajstić information content (AvgIpc) is 3.21. The Hall–Kier alpha value is -3.15. The predicted octanol–water partition coefficient (Wildman–Crippen LogP) is 2.40. The van der Waals surface area contributed by atoms with Crippen LogP contribution in [0.3, 0.4) is 0 Å². The minimum Gasteiger partial charge on any atom is -0.465 e. The number of nitrogens with one attached hydrogen (secondary N) is 1. The van der Waals surface area contributed by atoms with Crippen LogP contribution in [0.15, 0.2) is 59.5 Å². The smallest absolute Gasteiger partial charge is 0.244 e. The fraction of sp³-hybridized carbons (Fsp3) is 0.118. The highest BCUT2D eigenvalue weighted by molar-refractivity contribution is 5.91. The molecule has 3 aromatic rings. The molecule has 0 radical (unpaired) electrons. The summed E-state index contributed by atoms with van der Waals surface area (Å²) >= 11 is 0. The average molecular weight is 308 g/mol. The lowest BCUT2D eigenvalue weighted by molar-refractivity contribution is -0.116. The van der Waals surface area contributed by atoms with Gasteiger partial charge in [-0.25, -0.2) is 0 Å². The first kappa shape index (κ1) is 14.8. The molecule has 0 aromatic carbocycles. The number of carbonyl (C=O) groups excluding carboxylic acids is 1. The second-order valence-corrected chi connectivity index (χ2v) is 4.95. The van der Waals surface area contributed by atoms with Crippen molar-refractivity contribution in [1.29, 1.82) is 0 Å². The number of pyridine rings is 1. The van der Waals surface area contributed by atoms with Gasteiger partial charge in [-0.3, -0.25) is 14.5 Å². The molecule has 0 aliphatic carbocycles.